The molecular formula is C16H20N2O2S. The van der Waals surface area contributed by atoms with Crippen LogP contribution in [0.4, 0.5) is 0 Å². The lowest BCUT2D eigenvalue weighted by Gasteiger charge is -2.38. The summed E-state index contributed by atoms with van der Waals surface area (Å²) in [5, 5.41) is 1.61. The number of sulfone groups is 1. The Labute approximate surface area is 125 Å². The Morgan fingerprint density at radius 2 is 1.76 bits per heavy atom. The van der Waals surface area contributed by atoms with Crippen molar-refractivity contribution in [2.24, 2.45) is 11.5 Å². The fourth-order valence-corrected chi connectivity index (χ4v) is 5.24. The van der Waals surface area contributed by atoms with E-state index >= 15 is 0 Å². The zero-order valence-electron chi connectivity index (χ0n) is 11.8. The molecular weight excluding hydrogens is 284 g/mol. The zero-order valence-corrected chi connectivity index (χ0v) is 12.6. The van der Waals surface area contributed by atoms with Crippen molar-refractivity contribution in [1.29, 1.82) is 0 Å². The first-order chi connectivity index (χ1) is 9.97. The Balaban J connectivity index is 2.21. The fraction of sp³-hybridized carbons (Fsp3) is 0.375. The summed E-state index contributed by atoms with van der Waals surface area (Å²) < 4.78 is 26.3. The SMILES string of the molecule is NC1CCCCC1(N)S(=O)(=O)c1cccc2ccccc12. The first-order valence-corrected chi connectivity index (χ1v) is 8.72. The highest BCUT2D eigenvalue weighted by Gasteiger charge is 2.47. The minimum Gasteiger partial charge on any atom is -0.325 e. The molecule has 2 aromatic carbocycles. The molecule has 1 fully saturated rings. The molecule has 0 radical (unpaired) electrons. The number of rotatable bonds is 2. The van der Waals surface area contributed by atoms with E-state index in [2.05, 4.69) is 0 Å². The van der Waals surface area contributed by atoms with Crippen LogP contribution < -0.4 is 11.5 Å². The maximum atomic E-state index is 13.1. The van der Waals surface area contributed by atoms with Crippen LogP contribution in [0.15, 0.2) is 47.4 Å². The van der Waals surface area contributed by atoms with Gasteiger partial charge < -0.3 is 11.5 Å². The first-order valence-electron chi connectivity index (χ1n) is 7.24. The summed E-state index contributed by atoms with van der Waals surface area (Å²) >= 11 is 0. The highest BCUT2D eigenvalue weighted by molar-refractivity contribution is 7.93. The lowest BCUT2D eigenvalue weighted by atomic mass is 9.91. The molecule has 0 saturated heterocycles. The molecule has 1 aliphatic rings. The van der Waals surface area contributed by atoms with E-state index in [4.69, 9.17) is 11.5 Å². The van der Waals surface area contributed by atoms with E-state index in [1.54, 1.807) is 12.1 Å². The van der Waals surface area contributed by atoms with Crippen molar-refractivity contribution < 1.29 is 8.42 Å². The molecule has 2 atom stereocenters. The monoisotopic (exact) mass is 304 g/mol. The van der Waals surface area contributed by atoms with Crippen molar-refractivity contribution in [2.75, 3.05) is 0 Å². The van der Waals surface area contributed by atoms with Crippen LogP contribution in [0.2, 0.25) is 0 Å². The Hall–Kier alpha value is -1.43. The van der Waals surface area contributed by atoms with Crippen LogP contribution >= 0.6 is 0 Å². The van der Waals surface area contributed by atoms with Gasteiger partial charge in [0.15, 0.2) is 9.84 Å². The molecule has 0 heterocycles. The summed E-state index contributed by atoms with van der Waals surface area (Å²) in [5.74, 6) is 0. The van der Waals surface area contributed by atoms with Gasteiger partial charge >= 0.3 is 0 Å². The van der Waals surface area contributed by atoms with Crippen LogP contribution in [-0.2, 0) is 9.84 Å². The molecule has 2 unspecified atom stereocenters. The zero-order chi connectivity index (χ0) is 15.1. The molecule has 4 nitrogen and oxygen atoms in total. The number of hydrogen-bond acceptors (Lipinski definition) is 4. The maximum Gasteiger partial charge on any atom is 0.199 e. The van der Waals surface area contributed by atoms with Crippen molar-refractivity contribution >= 4 is 20.6 Å². The van der Waals surface area contributed by atoms with Gasteiger partial charge in [-0.15, -0.1) is 0 Å². The van der Waals surface area contributed by atoms with Crippen molar-refractivity contribution in [3.63, 3.8) is 0 Å². The molecule has 21 heavy (non-hydrogen) atoms. The van der Waals surface area contributed by atoms with E-state index < -0.39 is 20.8 Å². The minimum absolute atomic E-state index is 0.292. The van der Waals surface area contributed by atoms with Gasteiger partial charge in [-0.1, -0.05) is 49.2 Å². The van der Waals surface area contributed by atoms with Crippen molar-refractivity contribution in [3.05, 3.63) is 42.5 Å². The van der Waals surface area contributed by atoms with Gasteiger partial charge in [0.05, 0.1) is 4.90 Å². The molecule has 2 aromatic rings. The topological polar surface area (TPSA) is 86.2 Å². The van der Waals surface area contributed by atoms with Gasteiger partial charge in [0, 0.05) is 11.4 Å². The molecule has 0 aromatic heterocycles. The second kappa shape index (κ2) is 5.09. The second-order valence-corrected chi connectivity index (χ2v) is 7.99. The Bertz CT molecular complexity index is 767. The molecule has 4 N–H and O–H groups in total. The van der Waals surface area contributed by atoms with E-state index in [9.17, 15) is 8.42 Å². The van der Waals surface area contributed by atoms with Gasteiger partial charge in [-0.2, -0.15) is 0 Å². The minimum atomic E-state index is -3.68. The molecule has 3 rings (SSSR count). The lowest BCUT2D eigenvalue weighted by Crippen LogP contribution is -2.61. The normalized spacial score (nSPS) is 26.9. The Morgan fingerprint density at radius 1 is 1.05 bits per heavy atom. The van der Waals surface area contributed by atoms with E-state index in [1.165, 1.54) is 0 Å². The van der Waals surface area contributed by atoms with Crippen LogP contribution in [0.3, 0.4) is 0 Å². The van der Waals surface area contributed by atoms with Crippen molar-refractivity contribution in [1.82, 2.24) is 0 Å². The number of hydrogen-bond donors (Lipinski definition) is 2. The summed E-state index contributed by atoms with van der Waals surface area (Å²) in [6.45, 7) is 0. The lowest BCUT2D eigenvalue weighted by molar-refractivity contribution is 0.333. The standard InChI is InChI=1S/C16H20N2O2S/c17-15-10-3-4-11-16(15,18)21(19,20)14-9-5-7-12-6-1-2-8-13(12)14/h1-2,5-9,15H,3-4,10-11,17-18H2. The second-order valence-electron chi connectivity index (χ2n) is 5.79. The third-order valence-electron chi connectivity index (χ3n) is 4.50. The predicted molar refractivity (Wildman–Crippen MR) is 84.5 cm³/mol. The van der Waals surface area contributed by atoms with Crippen LogP contribution in [0.1, 0.15) is 25.7 Å². The van der Waals surface area contributed by atoms with Gasteiger partial charge in [0.1, 0.15) is 4.87 Å². The van der Waals surface area contributed by atoms with E-state index in [0.29, 0.717) is 23.1 Å². The molecule has 0 bridgehead atoms. The molecule has 5 heteroatoms. The molecule has 1 saturated carbocycles. The highest BCUT2D eigenvalue weighted by atomic mass is 32.2. The van der Waals surface area contributed by atoms with Crippen LogP contribution in [0.5, 0.6) is 0 Å². The van der Waals surface area contributed by atoms with Gasteiger partial charge in [-0.25, -0.2) is 8.42 Å². The van der Waals surface area contributed by atoms with Gasteiger partial charge in [-0.05, 0) is 24.3 Å². The molecule has 112 valence electrons. The number of nitrogens with two attached hydrogens (primary N) is 2. The average molecular weight is 304 g/mol. The summed E-state index contributed by atoms with van der Waals surface area (Å²) in [4.78, 5) is -1.07. The van der Waals surface area contributed by atoms with Crippen LogP contribution in [0.25, 0.3) is 10.8 Å². The predicted octanol–water partition coefficient (Wildman–Crippen LogP) is 2.17. The van der Waals surface area contributed by atoms with E-state index in [0.717, 1.165) is 18.2 Å². The molecule has 0 amide bonds. The Kier molecular flexibility index (Phi) is 3.51. The van der Waals surface area contributed by atoms with E-state index in [1.807, 2.05) is 30.3 Å². The van der Waals surface area contributed by atoms with Gasteiger partial charge in [-0.3, -0.25) is 0 Å². The van der Waals surface area contributed by atoms with E-state index in [-0.39, 0.29) is 0 Å². The quantitative estimate of drug-likeness (QED) is 0.890. The summed E-state index contributed by atoms with van der Waals surface area (Å²) in [7, 11) is -3.68. The summed E-state index contributed by atoms with van der Waals surface area (Å²) in [5.41, 5.74) is 12.4. The van der Waals surface area contributed by atoms with Gasteiger partial charge in [0.2, 0.25) is 0 Å². The average Bonchev–Trinajstić information content (AvgIpc) is 2.49. The molecule has 1 aliphatic carbocycles. The highest BCUT2D eigenvalue weighted by Crippen LogP contribution is 2.36. The van der Waals surface area contributed by atoms with Crippen molar-refractivity contribution in [2.45, 2.75) is 41.5 Å². The van der Waals surface area contributed by atoms with Crippen LogP contribution in [0, 0.1) is 0 Å². The Morgan fingerprint density at radius 3 is 2.52 bits per heavy atom. The fourth-order valence-electron chi connectivity index (χ4n) is 3.16. The number of fused-ring (bicyclic) bond motifs is 1. The largest absolute Gasteiger partial charge is 0.325 e. The third kappa shape index (κ3) is 2.16. The smallest absolute Gasteiger partial charge is 0.199 e. The van der Waals surface area contributed by atoms with Gasteiger partial charge in [0.25, 0.3) is 0 Å². The molecule has 0 spiro atoms. The van der Waals surface area contributed by atoms with Crippen LogP contribution in [-0.4, -0.2) is 19.3 Å². The third-order valence-corrected chi connectivity index (χ3v) is 6.94. The first kappa shape index (κ1) is 14.5. The molecule has 0 aliphatic heterocycles. The van der Waals surface area contributed by atoms with Crippen molar-refractivity contribution in [3.8, 4) is 0 Å². The summed E-state index contributed by atoms with van der Waals surface area (Å²) in [6.07, 6.45) is 2.81. The maximum absolute atomic E-state index is 13.1. The summed E-state index contributed by atoms with van der Waals surface area (Å²) in [6, 6.07) is 12.2. The number of benzene rings is 2.